The summed E-state index contributed by atoms with van der Waals surface area (Å²) in [5.74, 6) is 0.893. The van der Waals surface area contributed by atoms with Gasteiger partial charge in [0.15, 0.2) is 5.78 Å². The molecular formula is C17H25NO3. The van der Waals surface area contributed by atoms with Crippen LogP contribution in [0.5, 0.6) is 5.75 Å². The molecule has 0 aromatic heterocycles. The molecule has 2 unspecified atom stereocenters. The molecule has 4 nitrogen and oxygen atoms in total. The second-order valence-corrected chi connectivity index (χ2v) is 6.28. The van der Waals surface area contributed by atoms with E-state index >= 15 is 0 Å². The molecule has 2 atom stereocenters. The summed E-state index contributed by atoms with van der Waals surface area (Å²) in [7, 11) is 1.62. The van der Waals surface area contributed by atoms with Crippen molar-refractivity contribution in [2.75, 3.05) is 20.2 Å². The van der Waals surface area contributed by atoms with Crippen LogP contribution in [0.1, 0.15) is 38.1 Å². The highest BCUT2D eigenvalue weighted by Gasteiger charge is 2.38. The first-order valence-corrected chi connectivity index (χ1v) is 7.44. The lowest BCUT2D eigenvalue weighted by molar-refractivity contribution is -0.0887. The van der Waals surface area contributed by atoms with Crippen molar-refractivity contribution >= 4 is 5.78 Å². The van der Waals surface area contributed by atoms with E-state index in [1.54, 1.807) is 7.11 Å². The summed E-state index contributed by atoms with van der Waals surface area (Å²) in [5.41, 5.74) is 0.175. The molecule has 0 radical (unpaired) electrons. The highest BCUT2D eigenvalue weighted by atomic mass is 16.5. The predicted molar refractivity (Wildman–Crippen MR) is 83.0 cm³/mol. The minimum absolute atomic E-state index is 0.131. The van der Waals surface area contributed by atoms with Crippen molar-refractivity contribution in [3.63, 3.8) is 0 Å². The van der Waals surface area contributed by atoms with Crippen molar-refractivity contribution in [3.05, 3.63) is 29.8 Å². The number of Topliss-reactive ketones (excluding diaryl/α,β-unsaturated/α-hetero) is 1. The summed E-state index contributed by atoms with van der Waals surface area (Å²) < 4.78 is 10.9. The van der Waals surface area contributed by atoms with Crippen LogP contribution in [0, 0.1) is 0 Å². The maximum Gasteiger partial charge on any atom is 0.182 e. The van der Waals surface area contributed by atoms with Crippen LogP contribution in [-0.2, 0) is 4.74 Å². The molecule has 1 saturated heterocycles. The number of ketones is 1. The molecule has 1 aliphatic heterocycles. The van der Waals surface area contributed by atoms with Gasteiger partial charge in [0.25, 0.3) is 0 Å². The molecule has 4 heteroatoms. The minimum atomic E-state index is -0.541. The standard InChI is InChI=1S/C17H25NO3/c1-12-10-18(11-13(2)21-12)17(3,4)16(19)14-6-8-15(20-5)9-7-14/h6-9,12-13H,10-11H2,1-5H3. The molecule has 1 aromatic carbocycles. The summed E-state index contributed by atoms with van der Waals surface area (Å²) in [6, 6.07) is 7.31. The Kier molecular flexibility index (Phi) is 4.69. The second kappa shape index (κ2) is 6.16. The Hall–Kier alpha value is -1.39. The molecule has 0 spiro atoms. The summed E-state index contributed by atoms with van der Waals surface area (Å²) >= 11 is 0. The number of nitrogens with zero attached hydrogens (tertiary/aromatic N) is 1. The molecule has 0 aliphatic carbocycles. The van der Waals surface area contributed by atoms with Gasteiger partial charge in [0, 0.05) is 18.7 Å². The number of rotatable bonds is 4. The lowest BCUT2D eigenvalue weighted by Crippen LogP contribution is -2.58. The fourth-order valence-electron chi connectivity index (χ4n) is 2.87. The molecule has 1 aromatic rings. The molecule has 0 amide bonds. The van der Waals surface area contributed by atoms with E-state index < -0.39 is 5.54 Å². The van der Waals surface area contributed by atoms with E-state index in [4.69, 9.17) is 9.47 Å². The van der Waals surface area contributed by atoms with E-state index in [0.29, 0.717) is 5.56 Å². The highest BCUT2D eigenvalue weighted by Crippen LogP contribution is 2.25. The van der Waals surface area contributed by atoms with E-state index in [1.807, 2.05) is 38.1 Å². The Balaban J connectivity index is 2.18. The van der Waals surface area contributed by atoms with Gasteiger partial charge in [0.05, 0.1) is 24.9 Å². The maximum absolute atomic E-state index is 12.9. The molecule has 0 N–H and O–H groups in total. The number of benzene rings is 1. The quantitative estimate of drug-likeness (QED) is 0.800. The monoisotopic (exact) mass is 291 g/mol. The highest BCUT2D eigenvalue weighted by molar-refractivity contribution is 6.02. The Bertz CT molecular complexity index is 485. The van der Waals surface area contributed by atoms with Crippen molar-refractivity contribution < 1.29 is 14.3 Å². The summed E-state index contributed by atoms with van der Waals surface area (Å²) in [4.78, 5) is 15.1. The topological polar surface area (TPSA) is 38.8 Å². The molecule has 1 heterocycles. The van der Waals surface area contributed by atoms with Gasteiger partial charge in [-0.2, -0.15) is 0 Å². The number of hydrogen-bond donors (Lipinski definition) is 0. The Morgan fingerprint density at radius 1 is 1.19 bits per heavy atom. The lowest BCUT2D eigenvalue weighted by Gasteiger charge is -2.44. The molecule has 1 fully saturated rings. The van der Waals surface area contributed by atoms with Gasteiger partial charge in [0.1, 0.15) is 5.75 Å². The van der Waals surface area contributed by atoms with Crippen LogP contribution in [0.3, 0.4) is 0 Å². The largest absolute Gasteiger partial charge is 0.497 e. The number of carbonyl (C=O) groups is 1. The first-order valence-electron chi connectivity index (χ1n) is 7.44. The van der Waals surface area contributed by atoms with Crippen LogP contribution in [0.15, 0.2) is 24.3 Å². The van der Waals surface area contributed by atoms with Crippen molar-refractivity contribution in [1.29, 1.82) is 0 Å². The normalized spacial score (nSPS) is 23.9. The van der Waals surface area contributed by atoms with Gasteiger partial charge in [-0.05, 0) is 52.0 Å². The van der Waals surface area contributed by atoms with Crippen molar-refractivity contribution in [2.24, 2.45) is 0 Å². The fraction of sp³-hybridized carbons (Fsp3) is 0.588. The van der Waals surface area contributed by atoms with Gasteiger partial charge in [0.2, 0.25) is 0 Å². The molecule has 0 saturated carbocycles. The molecule has 116 valence electrons. The number of hydrogen-bond acceptors (Lipinski definition) is 4. The van der Waals surface area contributed by atoms with E-state index in [2.05, 4.69) is 18.7 Å². The van der Waals surface area contributed by atoms with Crippen molar-refractivity contribution in [1.82, 2.24) is 4.90 Å². The third-order valence-electron chi connectivity index (χ3n) is 4.12. The van der Waals surface area contributed by atoms with Crippen LogP contribution in [0.4, 0.5) is 0 Å². The summed E-state index contributed by atoms with van der Waals surface area (Å²) in [5, 5.41) is 0. The van der Waals surface area contributed by atoms with E-state index in [1.165, 1.54) is 0 Å². The van der Waals surface area contributed by atoms with Crippen molar-refractivity contribution in [2.45, 2.75) is 45.4 Å². The number of ether oxygens (including phenoxy) is 2. The molecule has 1 aliphatic rings. The number of carbonyl (C=O) groups excluding carboxylic acids is 1. The summed E-state index contributed by atoms with van der Waals surface area (Å²) in [6.07, 6.45) is 0.299. The first-order chi connectivity index (χ1) is 9.84. The van der Waals surface area contributed by atoms with Crippen LogP contribution in [0.25, 0.3) is 0 Å². The van der Waals surface area contributed by atoms with Gasteiger partial charge in [-0.1, -0.05) is 0 Å². The van der Waals surface area contributed by atoms with E-state index in [-0.39, 0.29) is 18.0 Å². The van der Waals surface area contributed by atoms with Gasteiger partial charge >= 0.3 is 0 Å². The number of methoxy groups -OCH3 is 1. The minimum Gasteiger partial charge on any atom is -0.497 e. The smallest absolute Gasteiger partial charge is 0.182 e. The fourth-order valence-corrected chi connectivity index (χ4v) is 2.87. The molecule has 2 rings (SSSR count). The number of morpholine rings is 1. The molecular weight excluding hydrogens is 266 g/mol. The van der Waals surface area contributed by atoms with Crippen LogP contribution >= 0.6 is 0 Å². The summed E-state index contributed by atoms with van der Waals surface area (Å²) in [6.45, 7) is 9.64. The molecule has 0 bridgehead atoms. The van der Waals surface area contributed by atoms with Crippen LogP contribution in [0.2, 0.25) is 0 Å². The van der Waals surface area contributed by atoms with Crippen LogP contribution < -0.4 is 4.74 Å². The Morgan fingerprint density at radius 2 is 1.71 bits per heavy atom. The maximum atomic E-state index is 12.9. The van der Waals surface area contributed by atoms with E-state index in [0.717, 1.165) is 18.8 Å². The van der Waals surface area contributed by atoms with Gasteiger partial charge in [-0.3, -0.25) is 9.69 Å². The average molecular weight is 291 g/mol. The van der Waals surface area contributed by atoms with Gasteiger partial charge in [-0.15, -0.1) is 0 Å². The third-order valence-corrected chi connectivity index (χ3v) is 4.12. The first kappa shape index (κ1) is 16.0. The molecule has 21 heavy (non-hydrogen) atoms. The van der Waals surface area contributed by atoms with Gasteiger partial charge < -0.3 is 9.47 Å². The third kappa shape index (κ3) is 3.44. The van der Waals surface area contributed by atoms with Crippen LogP contribution in [-0.4, -0.2) is 48.6 Å². The zero-order valence-electron chi connectivity index (χ0n) is 13.6. The predicted octanol–water partition coefficient (Wildman–Crippen LogP) is 2.77. The average Bonchev–Trinajstić information content (AvgIpc) is 2.45. The Morgan fingerprint density at radius 3 is 2.19 bits per heavy atom. The second-order valence-electron chi connectivity index (χ2n) is 6.28. The zero-order valence-corrected chi connectivity index (χ0v) is 13.6. The Labute approximate surface area is 127 Å². The SMILES string of the molecule is COc1ccc(C(=O)C(C)(C)N2CC(C)OC(C)C2)cc1. The van der Waals surface area contributed by atoms with Crippen molar-refractivity contribution in [3.8, 4) is 5.75 Å². The van der Waals surface area contributed by atoms with Gasteiger partial charge in [-0.25, -0.2) is 0 Å². The van der Waals surface area contributed by atoms with E-state index in [9.17, 15) is 4.79 Å². The lowest BCUT2D eigenvalue weighted by atomic mass is 9.90. The zero-order chi connectivity index (χ0) is 15.6.